The number of pyridine rings is 1. The minimum absolute atomic E-state index is 0.219. The van der Waals surface area contributed by atoms with E-state index >= 15 is 0 Å². The van der Waals surface area contributed by atoms with Crippen molar-refractivity contribution >= 4 is 17.6 Å². The van der Waals surface area contributed by atoms with E-state index < -0.39 is 11.4 Å². The third-order valence-corrected chi connectivity index (χ3v) is 6.56. The largest absolute Gasteiger partial charge is 0.481 e. The zero-order valence-electron chi connectivity index (χ0n) is 13.8. The molecular formula is C18H24ClN3O2. The number of hydrogen-bond acceptors (Lipinski definition) is 4. The molecular weight excluding hydrogens is 326 g/mol. The Morgan fingerprint density at radius 2 is 2.12 bits per heavy atom. The molecule has 6 heteroatoms. The van der Waals surface area contributed by atoms with Gasteiger partial charge in [-0.2, -0.15) is 0 Å². The second-order valence-electron chi connectivity index (χ2n) is 7.66. The Balaban J connectivity index is 1.49. The highest BCUT2D eigenvalue weighted by Gasteiger charge is 2.58. The van der Waals surface area contributed by atoms with Gasteiger partial charge in [-0.1, -0.05) is 24.4 Å². The molecule has 130 valence electrons. The highest BCUT2D eigenvalue weighted by molar-refractivity contribution is 6.31. The Morgan fingerprint density at radius 1 is 1.33 bits per heavy atom. The number of carboxylic acid groups (broad SMARTS) is 1. The van der Waals surface area contributed by atoms with Gasteiger partial charge in [0.2, 0.25) is 0 Å². The molecule has 1 saturated carbocycles. The monoisotopic (exact) mass is 349 g/mol. The maximum atomic E-state index is 12.1. The van der Waals surface area contributed by atoms with Crippen LogP contribution >= 0.6 is 11.6 Å². The molecule has 0 spiro atoms. The standard InChI is InChI=1S/C18H24ClN3O2/c19-16-7-20-6-5-13(16)8-21-9-14-10-22(15-3-1-2-4-15)12-18(14,11-21)17(23)24/h5-7,14-15H,1-4,8-12H2,(H,23,24)/t14-,18-/m1/s1. The number of nitrogens with zero attached hydrogens (tertiary/aromatic N) is 3. The van der Waals surface area contributed by atoms with Crippen molar-refractivity contribution in [3.05, 3.63) is 29.0 Å². The summed E-state index contributed by atoms with van der Waals surface area (Å²) in [7, 11) is 0. The van der Waals surface area contributed by atoms with Gasteiger partial charge in [-0.15, -0.1) is 0 Å². The average molecular weight is 350 g/mol. The van der Waals surface area contributed by atoms with Gasteiger partial charge in [-0.25, -0.2) is 0 Å². The van der Waals surface area contributed by atoms with E-state index in [-0.39, 0.29) is 5.92 Å². The van der Waals surface area contributed by atoms with Crippen LogP contribution in [-0.4, -0.2) is 58.1 Å². The molecule has 0 aromatic carbocycles. The Hall–Kier alpha value is -1.17. The summed E-state index contributed by atoms with van der Waals surface area (Å²) in [6.45, 7) is 3.80. The average Bonchev–Trinajstić information content (AvgIpc) is 3.23. The molecule has 3 aliphatic rings. The van der Waals surface area contributed by atoms with Gasteiger partial charge in [0.05, 0.1) is 10.4 Å². The summed E-state index contributed by atoms with van der Waals surface area (Å²) in [6.07, 6.45) is 8.45. The second-order valence-corrected chi connectivity index (χ2v) is 8.07. The van der Waals surface area contributed by atoms with E-state index in [1.54, 1.807) is 12.4 Å². The summed E-state index contributed by atoms with van der Waals surface area (Å²) >= 11 is 6.22. The lowest BCUT2D eigenvalue weighted by Gasteiger charge is -2.28. The maximum Gasteiger partial charge on any atom is 0.312 e. The lowest BCUT2D eigenvalue weighted by Crippen LogP contribution is -2.42. The molecule has 1 aromatic heterocycles. The Kier molecular flexibility index (Phi) is 4.27. The van der Waals surface area contributed by atoms with Gasteiger partial charge in [0.15, 0.2) is 0 Å². The minimum atomic E-state index is -0.628. The van der Waals surface area contributed by atoms with Crippen molar-refractivity contribution < 1.29 is 9.90 Å². The van der Waals surface area contributed by atoms with Crippen molar-refractivity contribution in [2.45, 2.75) is 38.3 Å². The third kappa shape index (κ3) is 2.72. The fourth-order valence-electron chi connectivity index (χ4n) is 4.95. The van der Waals surface area contributed by atoms with Crippen LogP contribution in [0, 0.1) is 11.3 Å². The van der Waals surface area contributed by atoms with Gasteiger partial charge in [-0.05, 0) is 24.5 Å². The van der Waals surface area contributed by atoms with Crippen molar-refractivity contribution in [3.63, 3.8) is 0 Å². The molecule has 24 heavy (non-hydrogen) atoms. The normalized spacial score (nSPS) is 31.6. The summed E-state index contributed by atoms with van der Waals surface area (Å²) < 4.78 is 0. The lowest BCUT2D eigenvalue weighted by molar-refractivity contribution is -0.149. The van der Waals surface area contributed by atoms with E-state index in [1.165, 1.54) is 25.7 Å². The number of aliphatic carboxylic acids is 1. The number of halogens is 1. The van der Waals surface area contributed by atoms with E-state index in [0.717, 1.165) is 18.7 Å². The van der Waals surface area contributed by atoms with Gasteiger partial charge in [0.25, 0.3) is 0 Å². The zero-order chi connectivity index (χ0) is 16.7. The first kappa shape index (κ1) is 16.3. The molecule has 2 saturated heterocycles. The van der Waals surface area contributed by atoms with Crippen molar-refractivity contribution in [1.29, 1.82) is 0 Å². The van der Waals surface area contributed by atoms with Crippen molar-refractivity contribution in [2.75, 3.05) is 26.2 Å². The van der Waals surface area contributed by atoms with E-state index in [1.807, 2.05) is 6.07 Å². The van der Waals surface area contributed by atoms with Crippen LogP contribution in [0.25, 0.3) is 0 Å². The van der Waals surface area contributed by atoms with E-state index in [0.29, 0.717) is 30.7 Å². The van der Waals surface area contributed by atoms with E-state index in [9.17, 15) is 9.90 Å². The summed E-state index contributed by atoms with van der Waals surface area (Å²) in [5.74, 6) is -0.410. The van der Waals surface area contributed by atoms with Crippen LogP contribution in [-0.2, 0) is 11.3 Å². The van der Waals surface area contributed by atoms with Crippen LogP contribution in [0.3, 0.4) is 0 Å². The number of likely N-dealkylation sites (tertiary alicyclic amines) is 2. The number of rotatable bonds is 4. The third-order valence-electron chi connectivity index (χ3n) is 6.22. The van der Waals surface area contributed by atoms with Crippen molar-refractivity contribution in [1.82, 2.24) is 14.8 Å². The summed E-state index contributed by atoms with van der Waals surface area (Å²) in [5, 5.41) is 10.6. The van der Waals surface area contributed by atoms with Crippen LogP contribution in [0.15, 0.2) is 18.5 Å². The molecule has 4 rings (SSSR count). The molecule has 0 radical (unpaired) electrons. The molecule has 1 N–H and O–H groups in total. The molecule has 3 fully saturated rings. The van der Waals surface area contributed by atoms with E-state index in [4.69, 9.17) is 11.6 Å². The van der Waals surface area contributed by atoms with Crippen LogP contribution in [0.2, 0.25) is 5.02 Å². The number of hydrogen-bond donors (Lipinski definition) is 1. The highest BCUT2D eigenvalue weighted by atomic mass is 35.5. The summed E-state index contributed by atoms with van der Waals surface area (Å²) in [4.78, 5) is 20.9. The van der Waals surface area contributed by atoms with Crippen molar-refractivity contribution in [2.24, 2.45) is 11.3 Å². The molecule has 2 atom stereocenters. The number of carbonyl (C=O) groups is 1. The van der Waals surface area contributed by atoms with Crippen LogP contribution in [0.1, 0.15) is 31.2 Å². The number of aromatic nitrogens is 1. The van der Waals surface area contributed by atoms with Gasteiger partial charge in [0, 0.05) is 57.1 Å². The quantitative estimate of drug-likeness (QED) is 0.905. The molecule has 0 amide bonds. The Morgan fingerprint density at radius 3 is 2.79 bits per heavy atom. The predicted molar refractivity (Wildman–Crippen MR) is 91.9 cm³/mol. The predicted octanol–water partition coefficient (Wildman–Crippen LogP) is 2.50. The SMILES string of the molecule is O=C(O)[C@@]12CN(Cc3ccncc3Cl)C[C@@H]1CN(C1CCCC1)C2. The number of carboxylic acids is 1. The molecule has 1 aromatic rings. The molecule has 1 aliphatic carbocycles. The van der Waals surface area contributed by atoms with Crippen LogP contribution in [0.5, 0.6) is 0 Å². The maximum absolute atomic E-state index is 12.1. The first-order valence-electron chi connectivity index (χ1n) is 8.87. The minimum Gasteiger partial charge on any atom is -0.481 e. The highest BCUT2D eigenvalue weighted by Crippen LogP contribution is 2.45. The molecule has 2 aliphatic heterocycles. The molecule has 0 bridgehead atoms. The molecule has 3 heterocycles. The number of fused-ring (bicyclic) bond motifs is 1. The molecule has 0 unspecified atom stereocenters. The fourth-order valence-corrected chi connectivity index (χ4v) is 5.13. The van der Waals surface area contributed by atoms with Gasteiger partial charge < -0.3 is 5.11 Å². The topological polar surface area (TPSA) is 56.7 Å². The fraction of sp³-hybridized carbons (Fsp3) is 0.667. The second kappa shape index (κ2) is 6.28. The molecule has 5 nitrogen and oxygen atoms in total. The van der Waals surface area contributed by atoms with Gasteiger partial charge in [0.1, 0.15) is 0 Å². The Labute approximate surface area is 147 Å². The lowest BCUT2D eigenvalue weighted by atomic mass is 9.81. The smallest absolute Gasteiger partial charge is 0.312 e. The van der Waals surface area contributed by atoms with Gasteiger partial charge in [-0.3, -0.25) is 19.6 Å². The first-order valence-corrected chi connectivity index (χ1v) is 9.24. The van der Waals surface area contributed by atoms with Crippen LogP contribution < -0.4 is 0 Å². The zero-order valence-corrected chi connectivity index (χ0v) is 14.6. The Bertz CT molecular complexity index is 634. The summed E-state index contributed by atoms with van der Waals surface area (Å²) in [6, 6.07) is 2.53. The van der Waals surface area contributed by atoms with Gasteiger partial charge >= 0.3 is 5.97 Å². The van der Waals surface area contributed by atoms with Crippen molar-refractivity contribution in [3.8, 4) is 0 Å². The summed E-state index contributed by atoms with van der Waals surface area (Å²) in [5.41, 5.74) is 0.419. The van der Waals surface area contributed by atoms with Crippen LogP contribution in [0.4, 0.5) is 0 Å². The first-order chi connectivity index (χ1) is 11.6. The van der Waals surface area contributed by atoms with E-state index in [2.05, 4.69) is 14.8 Å².